The number of anilines is 1. The predicted octanol–water partition coefficient (Wildman–Crippen LogP) is 2.29. The average molecular weight is 270 g/mol. The van der Waals surface area contributed by atoms with Crippen LogP contribution in [0, 0.1) is 6.92 Å². The number of nitrogens with zero attached hydrogens (tertiary/aromatic N) is 3. The van der Waals surface area contributed by atoms with Crippen molar-refractivity contribution >= 4 is 11.9 Å². The molecule has 1 amide bonds. The zero-order valence-electron chi connectivity index (χ0n) is 10.5. The summed E-state index contributed by atoms with van der Waals surface area (Å²) < 4.78 is 9.95. The number of carbonyl (C=O) groups is 1. The highest BCUT2D eigenvalue weighted by Gasteiger charge is 2.14. The second-order valence-corrected chi connectivity index (χ2v) is 4.11. The number of rotatable bonds is 3. The molecule has 20 heavy (non-hydrogen) atoms. The van der Waals surface area contributed by atoms with Crippen LogP contribution < -0.4 is 5.32 Å². The zero-order chi connectivity index (χ0) is 13.9. The molecule has 0 aliphatic carbocycles. The lowest BCUT2D eigenvalue weighted by atomic mass is 10.1. The summed E-state index contributed by atoms with van der Waals surface area (Å²) in [5, 5.41) is 6.14. The number of oxazole rings is 1. The van der Waals surface area contributed by atoms with Crippen LogP contribution in [0.15, 0.2) is 45.8 Å². The molecule has 2 heterocycles. The molecule has 0 radical (unpaired) electrons. The Balaban J connectivity index is 1.77. The number of nitrogens with one attached hydrogen (secondary N) is 1. The largest absolute Gasteiger partial charge is 0.438 e. The minimum atomic E-state index is -0.487. The van der Waals surface area contributed by atoms with Crippen molar-refractivity contribution in [3.8, 4) is 11.5 Å². The van der Waals surface area contributed by atoms with Gasteiger partial charge in [0, 0.05) is 5.56 Å². The first kappa shape index (κ1) is 12.1. The third-order valence-electron chi connectivity index (χ3n) is 2.61. The normalized spacial score (nSPS) is 10.4. The smallest absolute Gasteiger partial charge is 0.295 e. The molecule has 0 aliphatic heterocycles. The average Bonchev–Trinajstić information content (AvgIpc) is 3.10. The first-order chi connectivity index (χ1) is 9.72. The number of amides is 1. The fourth-order valence-corrected chi connectivity index (χ4v) is 1.58. The molecule has 0 atom stereocenters. The van der Waals surface area contributed by atoms with Gasteiger partial charge in [-0.1, -0.05) is 17.7 Å². The number of carbonyl (C=O) groups excluding carboxylic acids is 1. The lowest BCUT2D eigenvalue weighted by Crippen LogP contribution is -2.11. The summed E-state index contributed by atoms with van der Waals surface area (Å²) in [5.41, 5.74) is 1.91. The summed E-state index contributed by atoms with van der Waals surface area (Å²) in [7, 11) is 0. The predicted molar refractivity (Wildman–Crippen MR) is 68.9 cm³/mol. The van der Waals surface area contributed by atoms with Gasteiger partial charge in [-0.05, 0) is 24.2 Å². The quantitative estimate of drug-likeness (QED) is 0.784. The number of aromatic nitrogens is 3. The number of benzene rings is 1. The lowest BCUT2D eigenvalue weighted by Gasteiger charge is -1.95. The molecule has 3 aromatic rings. The van der Waals surface area contributed by atoms with E-state index in [-0.39, 0.29) is 11.7 Å². The van der Waals surface area contributed by atoms with Gasteiger partial charge in [-0.3, -0.25) is 10.1 Å². The second-order valence-electron chi connectivity index (χ2n) is 4.11. The molecule has 100 valence electrons. The maximum atomic E-state index is 11.7. The van der Waals surface area contributed by atoms with E-state index in [1.54, 1.807) is 0 Å². The minimum absolute atomic E-state index is 0.0713. The molecule has 0 saturated carbocycles. The zero-order valence-corrected chi connectivity index (χ0v) is 10.5. The van der Waals surface area contributed by atoms with Gasteiger partial charge < -0.3 is 8.94 Å². The van der Waals surface area contributed by atoms with Crippen LogP contribution in [0.2, 0.25) is 0 Å². The number of hydrogen-bond acceptors (Lipinski definition) is 6. The molecular formula is C13H10N4O3. The van der Waals surface area contributed by atoms with Crippen LogP contribution in [0.4, 0.5) is 5.95 Å². The Hall–Kier alpha value is -2.96. The molecule has 2 aromatic heterocycles. The molecule has 0 aliphatic rings. The Bertz CT molecular complexity index is 716. The Labute approximate surface area is 113 Å². The van der Waals surface area contributed by atoms with E-state index < -0.39 is 5.91 Å². The van der Waals surface area contributed by atoms with Gasteiger partial charge in [0.05, 0.1) is 6.20 Å². The van der Waals surface area contributed by atoms with E-state index in [2.05, 4.69) is 20.4 Å². The first-order valence-corrected chi connectivity index (χ1v) is 5.83. The van der Waals surface area contributed by atoms with Crippen molar-refractivity contribution in [3.05, 3.63) is 48.2 Å². The van der Waals surface area contributed by atoms with Crippen LogP contribution >= 0.6 is 0 Å². The highest BCUT2D eigenvalue weighted by Crippen LogP contribution is 2.19. The summed E-state index contributed by atoms with van der Waals surface area (Å²) in [6, 6.07) is 7.61. The number of aryl methyl sites for hydroxylation is 1. The van der Waals surface area contributed by atoms with E-state index in [0.717, 1.165) is 11.1 Å². The standard InChI is InChI=1S/C13H10N4O3/c1-8-2-4-9(5-3-8)12-16-13(17-20-12)15-11(18)10-6-14-7-19-10/h2-7H,1H3,(H,15,17,18). The molecule has 1 aromatic carbocycles. The third-order valence-corrected chi connectivity index (χ3v) is 2.61. The summed E-state index contributed by atoms with van der Waals surface area (Å²) in [5.74, 6) is -0.00899. The van der Waals surface area contributed by atoms with E-state index in [1.165, 1.54) is 12.6 Å². The Kier molecular flexibility index (Phi) is 3.00. The molecule has 0 fully saturated rings. The van der Waals surface area contributed by atoms with E-state index in [9.17, 15) is 4.79 Å². The van der Waals surface area contributed by atoms with Gasteiger partial charge >= 0.3 is 0 Å². The van der Waals surface area contributed by atoms with Crippen LogP contribution in [0.1, 0.15) is 16.1 Å². The molecule has 0 saturated heterocycles. The molecule has 0 bridgehead atoms. The van der Waals surface area contributed by atoms with Gasteiger partial charge in [-0.2, -0.15) is 4.98 Å². The van der Waals surface area contributed by atoms with Crippen molar-refractivity contribution in [3.63, 3.8) is 0 Å². The minimum Gasteiger partial charge on any atom is -0.438 e. The van der Waals surface area contributed by atoms with Crippen LogP contribution in [-0.4, -0.2) is 21.0 Å². The van der Waals surface area contributed by atoms with Gasteiger partial charge in [-0.15, -0.1) is 0 Å². The van der Waals surface area contributed by atoms with Crippen LogP contribution in [0.3, 0.4) is 0 Å². The van der Waals surface area contributed by atoms with Crippen molar-refractivity contribution < 1.29 is 13.7 Å². The molecule has 0 spiro atoms. The fraction of sp³-hybridized carbons (Fsp3) is 0.0769. The van der Waals surface area contributed by atoms with Crippen molar-refractivity contribution in [1.82, 2.24) is 15.1 Å². The molecule has 7 nitrogen and oxygen atoms in total. The van der Waals surface area contributed by atoms with Crippen molar-refractivity contribution in [1.29, 1.82) is 0 Å². The molecular weight excluding hydrogens is 260 g/mol. The van der Waals surface area contributed by atoms with Crippen LogP contribution in [0.5, 0.6) is 0 Å². The lowest BCUT2D eigenvalue weighted by molar-refractivity contribution is 0.0995. The van der Waals surface area contributed by atoms with Gasteiger partial charge in [0.15, 0.2) is 6.39 Å². The van der Waals surface area contributed by atoms with Crippen molar-refractivity contribution in [2.24, 2.45) is 0 Å². The Morgan fingerprint density at radius 1 is 1.25 bits per heavy atom. The molecule has 7 heteroatoms. The van der Waals surface area contributed by atoms with Gasteiger partial charge in [0.2, 0.25) is 5.76 Å². The van der Waals surface area contributed by atoms with Crippen molar-refractivity contribution in [2.45, 2.75) is 6.92 Å². The highest BCUT2D eigenvalue weighted by atomic mass is 16.5. The molecule has 3 rings (SSSR count). The third kappa shape index (κ3) is 2.41. The van der Waals surface area contributed by atoms with Gasteiger partial charge in [0.1, 0.15) is 0 Å². The first-order valence-electron chi connectivity index (χ1n) is 5.83. The topological polar surface area (TPSA) is 94.1 Å². The van der Waals surface area contributed by atoms with Crippen LogP contribution in [-0.2, 0) is 0 Å². The summed E-state index contributed by atoms with van der Waals surface area (Å²) >= 11 is 0. The highest BCUT2D eigenvalue weighted by molar-refractivity contribution is 6.00. The maximum Gasteiger partial charge on any atom is 0.295 e. The second kappa shape index (κ2) is 4.96. The molecule has 0 unspecified atom stereocenters. The Morgan fingerprint density at radius 2 is 2.05 bits per heavy atom. The maximum absolute atomic E-state index is 11.7. The van der Waals surface area contributed by atoms with Crippen LogP contribution in [0.25, 0.3) is 11.5 Å². The van der Waals surface area contributed by atoms with E-state index in [0.29, 0.717) is 5.89 Å². The van der Waals surface area contributed by atoms with E-state index in [1.807, 2.05) is 31.2 Å². The van der Waals surface area contributed by atoms with E-state index in [4.69, 9.17) is 8.94 Å². The monoisotopic (exact) mass is 270 g/mol. The van der Waals surface area contributed by atoms with Crippen molar-refractivity contribution in [2.75, 3.05) is 5.32 Å². The molecule has 1 N–H and O–H groups in total. The van der Waals surface area contributed by atoms with Gasteiger partial charge in [-0.25, -0.2) is 4.98 Å². The van der Waals surface area contributed by atoms with E-state index >= 15 is 0 Å². The fourth-order valence-electron chi connectivity index (χ4n) is 1.58. The summed E-state index contributed by atoms with van der Waals surface area (Å²) in [4.78, 5) is 19.4. The van der Waals surface area contributed by atoms with Gasteiger partial charge in [0.25, 0.3) is 17.7 Å². The SMILES string of the molecule is Cc1ccc(-c2nc(NC(=O)c3cnco3)no2)cc1. The summed E-state index contributed by atoms with van der Waals surface area (Å²) in [6.07, 6.45) is 2.47. The number of hydrogen-bond donors (Lipinski definition) is 1. The summed E-state index contributed by atoms with van der Waals surface area (Å²) in [6.45, 7) is 1.99. The Morgan fingerprint density at radius 3 is 2.75 bits per heavy atom.